The van der Waals surface area contributed by atoms with Crippen molar-refractivity contribution in [1.29, 1.82) is 0 Å². The summed E-state index contributed by atoms with van der Waals surface area (Å²) in [4.78, 5) is 2.55. The Balaban J connectivity index is 2.45. The van der Waals surface area contributed by atoms with Crippen molar-refractivity contribution in [2.24, 2.45) is 0 Å². The summed E-state index contributed by atoms with van der Waals surface area (Å²) < 4.78 is 11.6. The molecule has 0 aromatic rings. The molecule has 19 heavy (non-hydrogen) atoms. The van der Waals surface area contributed by atoms with Gasteiger partial charge in [0.15, 0.2) is 5.79 Å². The maximum absolute atomic E-state index is 9.98. The first kappa shape index (κ1) is 17.0. The average Bonchev–Trinajstić information content (AvgIpc) is 2.65. The van der Waals surface area contributed by atoms with Gasteiger partial charge in [-0.15, -0.1) is 0 Å². The van der Waals surface area contributed by atoms with Crippen LogP contribution in [0.5, 0.6) is 0 Å². The Bertz CT molecular complexity index is 319. The zero-order chi connectivity index (χ0) is 14.3. The van der Waals surface area contributed by atoms with Crippen LogP contribution in [0.25, 0.3) is 0 Å². The third-order valence-corrected chi connectivity index (χ3v) is 3.56. The zero-order valence-electron chi connectivity index (χ0n) is 12.1. The van der Waals surface area contributed by atoms with Gasteiger partial charge in [-0.3, -0.25) is 0 Å². The number of hydrogen-bond donors (Lipinski definition) is 1. The van der Waals surface area contributed by atoms with E-state index < -0.39 is 11.9 Å². The lowest BCUT2D eigenvalue weighted by Gasteiger charge is -2.18. The van der Waals surface area contributed by atoms with Crippen LogP contribution >= 0.6 is 15.9 Å². The number of aliphatic hydroxyl groups excluding tert-OH is 1. The standard InChI is InChI=1S/C15H25BrO3/c1-4-5-6-7-8-9-13-14(12(17)10-11-16)19-15(2,3)18-13/h12-14,17H,4-9H2,1-3H3/t12-,13+,14+/m0/s1. The van der Waals surface area contributed by atoms with E-state index in [0.717, 1.165) is 12.8 Å². The average molecular weight is 333 g/mol. The molecular weight excluding hydrogens is 308 g/mol. The molecule has 0 aromatic carbocycles. The van der Waals surface area contributed by atoms with Gasteiger partial charge in [-0.25, -0.2) is 0 Å². The molecule has 1 heterocycles. The Morgan fingerprint density at radius 1 is 1.21 bits per heavy atom. The summed E-state index contributed by atoms with van der Waals surface area (Å²) in [6.45, 7) is 5.97. The van der Waals surface area contributed by atoms with E-state index in [2.05, 4.69) is 33.6 Å². The van der Waals surface area contributed by atoms with Crippen molar-refractivity contribution in [1.82, 2.24) is 0 Å². The van der Waals surface area contributed by atoms with Gasteiger partial charge in [0.2, 0.25) is 0 Å². The second kappa shape index (κ2) is 8.26. The van der Waals surface area contributed by atoms with Gasteiger partial charge in [-0.1, -0.05) is 44.9 Å². The highest BCUT2D eigenvalue weighted by Crippen LogP contribution is 2.32. The van der Waals surface area contributed by atoms with Crippen LogP contribution in [-0.2, 0) is 9.47 Å². The van der Waals surface area contributed by atoms with Crippen molar-refractivity contribution in [3.63, 3.8) is 0 Å². The summed E-state index contributed by atoms with van der Waals surface area (Å²) in [6, 6.07) is 0. The minimum absolute atomic E-state index is 0.0695. The molecule has 1 aliphatic rings. The molecule has 0 unspecified atom stereocenters. The van der Waals surface area contributed by atoms with Crippen molar-refractivity contribution < 1.29 is 14.6 Å². The second-order valence-electron chi connectivity index (χ2n) is 5.53. The van der Waals surface area contributed by atoms with E-state index in [1.165, 1.54) is 25.7 Å². The number of unbranched alkanes of at least 4 members (excludes halogenated alkanes) is 4. The first-order chi connectivity index (χ1) is 9.00. The fourth-order valence-electron chi connectivity index (χ4n) is 2.44. The predicted octanol–water partition coefficient (Wildman–Crippen LogP) is 3.58. The Labute approximate surface area is 125 Å². The minimum Gasteiger partial charge on any atom is -0.377 e. The number of halogens is 1. The lowest BCUT2D eigenvalue weighted by Crippen LogP contribution is -2.34. The maximum Gasteiger partial charge on any atom is 0.163 e. The smallest absolute Gasteiger partial charge is 0.163 e. The third-order valence-electron chi connectivity index (χ3n) is 3.33. The highest BCUT2D eigenvalue weighted by Gasteiger charge is 2.43. The Morgan fingerprint density at radius 2 is 1.89 bits per heavy atom. The molecule has 0 aromatic heterocycles. The summed E-state index contributed by atoms with van der Waals surface area (Å²) in [5, 5.41) is 9.98. The molecule has 1 N–H and O–H groups in total. The first-order valence-corrected chi connectivity index (χ1v) is 7.94. The molecule has 1 rings (SSSR count). The molecule has 3 nitrogen and oxygen atoms in total. The monoisotopic (exact) mass is 332 g/mol. The Hall–Kier alpha value is -0.0800. The van der Waals surface area contributed by atoms with E-state index in [1.54, 1.807) is 0 Å². The van der Waals surface area contributed by atoms with Crippen LogP contribution < -0.4 is 0 Å². The fraction of sp³-hybridized carbons (Fsp3) is 0.867. The molecule has 0 saturated carbocycles. The van der Waals surface area contributed by atoms with Crippen LogP contribution in [0.15, 0.2) is 0 Å². The summed E-state index contributed by atoms with van der Waals surface area (Å²) in [5.74, 6) is 2.05. The number of aliphatic hydroxyl groups is 1. The summed E-state index contributed by atoms with van der Waals surface area (Å²) >= 11 is 3.01. The molecule has 1 fully saturated rings. The molecular formula is C15H25BrO3. The van der Waals surface area contributed by atoms with Crippen LogP contribution in [0.4, 0.5) is 0 Å². The predicted molar refractivity (Wildman–Crippen MR) is 79.9 cm³/mol. The molecule has 4 heteroatoms. The largest absolute Gasteiger partial charge is 0.377 e. The quantitative estimate of drug-likeness (QED) is 0.572. The van der Waals surface area contributed by atoms with E-state index in [4.69, 9.17) is 9.47 Å². The number of ether oxygens (including phenoxy) is 2. The van der Waals surface area contributed by atoms with Crippen molar-refractivity contribution >= 4 is 15.9 Å². The van der Waals surface area contributed by atoms with Crippen molar-refractivity contribution in [3.8, 4) is 10.8 Å². The zero-order valence-corrected chi connectivity index (χ0v) is 13.7. The van der Waals surface area contributed by atoms with Gasteiger partial charge in [0.1, 0.15) is 12.2 Å². The van der Waals surface area contributed by atoms with Crippen molar-refractivity contribution in [3.05, 3.63) is 0 Å². The lowest BCUT2D eigenvalue weighted by atomic mass is 10.0. The molecule has 0 amide bonds. The van der Waals surface area contributed by atoms with E-state index in [-0.39, 0.29) is 12.2 Å². The van der Waals surface area contributed by atoms with Crippen LogP contribution in [-0.4, -0.2) is 29.2 Å². The van der Waals surface area contributed by atoms with Gasteiger partial charge in [-0.05, 0) is 25.1 Å². The van der Waals surface area contributed by atoms with Crippen LogP contribution in [0, 0.1) is 10.8 Å². The van der Waals surface area contributed by atoms with Crippen LogP contribution in [0.3, 0.4) is 0 Å². The summed E-state index contributed by atoms with van der Waals surface area (Å²) in [7, 11) is 0. The highest BCUT2D eigenvalue weighted by molar-refractivity contribution is 9.12. The number of rotatable bonds is 7. The van der Waals surface area contributed by atoms with Crippen molar-refractivity contribution in [2.75, 3.05) is 0 Å². The molecule has 0 spiro atoms. The SMILES string of the molecule is CCCCCCC[C@H]1OC(C)(C)O[C@@H]1[C@@H](O)C#CBr. The lowest BCUT2D eigenvalue weighted by molar-refractivity contribution is -0.152. The minimum atomic E-state index is -0.804. The molecule has 0 aliphatic carbocycles. The van der Waals surface area contributed by atoms with Gasteiger partial charge in [0.25, 0.3) is 0 Å². The molecule has 1 aliphatic heterocycles. The van der Waals surface area contributed by atoms with Crippen molar-refractivity contribution in [2.45, 2.75) is 83.4 Å². The van der Waals surface area contributed by atoms with E-state index >= 15 is 0 Å². The normalized spacial score (nSPS) is 26.8. The van der Waals surface area contributed by atoms with Crippen LogP contribution in [0.2, 0.25) is 0 Å². The molecule has 0 bridgehead atoms. The van der Waals surface area contributed by atoms with E-state index in [0.29, 0.717) is 0 Å². The molecule has 110 valence electrons. The van der Waals surface area contributed by atoms with Gasteiger partial charge in [0, 0.05) is 15.9 Å². The van der Waals surface area contributed by atoms with Gasteiger partial charge in [-0.2, -0.15) is 0 Å². The van der Waals surface area contributed by atoms with Gasteiger partial charge < -0.3 is 14.6 Å². The summed E-state index contributed by atoms with van der Waals surface area (Å²) in [5.41, 5.74) is 0. The Kier molecular flexibility index (Phi) is 7.38. The topological polar surface area (TPSA) is 38.7 Å². The molecule has 0 radical (unpaired) electrons. The van der Waals surface area contributed by atoms with E-state index in [9.17, 15) is 5.11 Å². The van der Waals surface area contributed by atoms with E-state index in [1.807, 2.05) is 13.8 Å². The fourth-order valence-corrected chi connectivity index (χ4v) is 2.68. The summed E-state index contributed by atoms with van der Waals surface area (Å²) in [6.07, 6.45) is 5.80. The molecule has 1 saturated heterocycles. The van der Waals surface area contributed by atoms with Gasteiger partial charge >= 0.3 is 0 Å². The highest BCUT2D eigenvalue weighted by atomic mass is 79.9. The third kappa shape index (κ3) is 5.83. The maximum atomic E-state index is 9.98. The van der Waals surface area contributed by atoms with Gasteiger partial charge in [0.05, 0.1) is 6.10 Å². The molecule has 3 atom stereocenters. The Morgan fingerprint density at radius 3 is 2.53 bits per heavy atom. The number of hydrogen-bond acceptors (Lipinski definition) is 3. The second-order valence-corrected chi connectivity index (χ2v) is 5.92. The van der Waals surface area contributed by atoms with Crippen LogP contribution in [0.1, 0.15) is 59.3 Å². The first-order valence-electron chi connectivity index (χ1n) is 7.15.